The molecule has 0 fully saturated rings. The number of sulfonamides is 1. The molecule has 1 atom stereocenters. The van der Waals surface area contributed by atoms with Crippen LogP contribution in [0.2, 0.25) is 0 Å². The maximum atomic E-state index is 14.0. The van der Waals surface area contributed by atoms with E-state index >= 15 is 0 Å². The molecule has 2 amide bonds. The summed E-state index contributed by atoms with van der Waals surface area (Å²) in [6, 6.07) is 6.39. The van der Waals surface area contributed by atoms with Crippen LogP contribution in [0.4, 0.5) is 14.5 Å². The van der Waals surface area contributed by atoms with Crippen LogP contribution in [-0.2, 0) is 14.8 Å². The van der Waals surface area contributed by atoms with Crippen LogP contribution in [0, 0.1) is 24.5 Å². The minimum Gasteiger partial charge on any atom is -0.340 e. The third-order valence-electron chi connectivity index (χ3n) is 5.20. The molecule has 0 bridgehead atoms. The number of carbonyl (C=O) groups excluding carboxylic acids is 2. The smallest absolute Gasteiger partial charge is 0.257 e. The van der Waals surface area contributed by atoms with Crippen LogP contribution >= 0.6 is 0 Å². The monoisotopic (exact) mass is 481 g/mol. The molecule has 180 valence electrons. The fraction of sp³-hybridized carbons (Fsp3) is 0.391. The number of hydrogen-bond acceptors (Lipinski definition) is 4. The number of aryl methyl sites for hydroxylation is 1. The SMILES string of the molecule is CCN(CC)S(=O)(=O)c1cc(NC(=O)C(NC(=O)c2c(F)cccc2F)C(C)C)ccc1C. The van der Waals surface area contributed by atoms with E-state index < -0.39 is 51.0 Å². The first kappa shape index (κ1) is 26.4. The first-order valence-corrected chi connectivity index (χ1v) is 12.0. The summed E-state index contributed by atoms with van der Waals surface area (Å²) in [5, 5.41) is 4.97. The third kappa shape index (κ3) is 5.94. The molecule has 1 unspecified atom stereocenters. The molecule has 0 aliphatic heterocycles. The van der Waals surface area contributed by atoms with Crippen molar-refractivity contribution < 1.29 is 26.8 Å². The number of halogens is 2. The Bertz CT molecular complexity index is 1110. The highest BCUT2D eigenvalue weighted by atomic mass is 32.2. The zero-order chi connectivity index (χ0) is 24.9. The predicted octanol–water partition coefficient (Wildman–Crippen LogP) is 3.70. The predicted molar refractivity (Wildman–Crippen MR) is 122 cm³/mol. The molecule has 2 aromatic carbocycles. The average molecular weight is 482 g/mol. The van der Waals surface area contributed by atoms with Gasteiger partial charge in [-0.2, -0.15) is 4.31 Å². The molecule has 7 nitrogen and oxygen atoms in total. The lowest BCUT2D eigenvalue weighted by Crippen LogP contribution is -2.47. The first-order valence-electron chi connectivity index (χ1n) is 10.6. The number of rotatable bonds is 9. The van der Waals surface area contributed by atoms with E-state index in [9.17, 15) is 26.8 Å². The van der Waals surface area contributed by atoms with Gasteiger partial charge >= 0.3 is 0 Å². The Morgan fingerprint density at radius 2 is 1.61 bits per heavy atom. The van der Waals surface area contributed by atoms with Crippen molar-refractivity contribution in [2.75, 3.05) is 18.4 Å². The summed E-state index contributed by atoms with van der Waals surface area (Å²) in [5.41, 5.74) is -0.0455. The highest BCUT2D eigenvalue weighted by molar-refractivity contribution is 7.89. The van der Waals surface area contributed by atoms with Crippen LogP contribution in [0.3, 0.4) is 0 Å². The molecular formula is C23H29F2N3O4S. The normalized spacial score (nSPS) is 12.6. The lowest BCUT2D eigenvalue weighted by molar-refractivity contribution is -0.118. The Morgan fingerprint density at radius 1 is 1.03 bits per heavy atom. The van der Waals surface area contributed by atoms with Gasteiger partial charge in [-0.15, -0.1) is 0 Å². The van der Waals surface area contributed by atoms with Gasteiger partial charge in [-0.1, -0.05) is 39.8 Å². The van der Waals surface area contributed by atoms with Crippen molar-refractivity contribution in [3.8, 4) is 0 Å². The molecule has 2 N–H and O–H groups in total. The molecule has 33 heavy (non-hydrogen) atoms. The number of nitrogens with zero attached hydrogens (tertiary/aromatic N) is 1. The second kappa shape index (κ2) is 10.8. The molecule has 0 aromatic heterocycles. The number of carbonyl (C=O) groups is 2. The van der Waals surface area contributed by atoms with Crippen molar-refractivity contribution in [1.29, 1.82) is 0 Å². The fourth-order valence-corrected chi connectivity index (χ4v) is 5.05. The Balaban J connectivity index is 2.30. The summed E-state index contributed by atoms with van der Waals surface area (Å²) < 4.78 is 55.1. The van der Waals surface area contributed by atoms with E-state index in [4.69, 9.17) is 0 Å². The van der Waals surface area contributed by atoms with Crippen molar-refractivity contribution in [1.82, 2.24) is 9.62 Å². The minimum atomic E-state index is -3.76. The highest BCUT2D eigenvalue weighted by Crippen LogP contribution is 2.24. The van der Waals surface area contributed by atoms with Gasteiger partial charge in [-0.25, -0.2) is 17.2 Å². The van der Waals surface area contributed by atoms with Crippen LogP contribution < -0.4 is 10.6 Å². The summed E-state index contributed by atoms with van der Waals surface area (Å²) in [4.78, 5) is 25.4. The van der Waals surface area contributed by atoms with Crippen molar-refractivity contribution in [2.24, 2.45) is 5.92 Å². The van der Waals surface area contributed by atoms with Crippen LogP contribution in [0.5, 0.6) is 0 Å². The second-order valence-electron chi connectivity index (χ2n) is 7.85. The molecule has 0 heterocycles. The van der Waals surface area contributed by atoms with Gasteiger partial charge in [0.1, 0.15) is 23.2 Å². The van der Waals surface area contributed by atoms with Gasteiger partial charge in [0.05, 0.1) is 4.90 Å². The number of hydrogen-bond donors (Lipinski definition) is 2. The number of anilines is 1. The Hall–Kier alpha value is -2.85. The molecule has 0 saturated heterocycles. The molecule has 0 saturated carbocycles. The van der Waals surface area contributed by atoms with Crippen LogP contribution in [-0.4, -0.2) is 43.7 Å². The molecule has 0 radical (unpaired) electrons. The summed E-state index contributed by atoms with van der Waals surface area (Å²) in [7, 11) is -3.76. The summed E-state index contributed by atoms with van der Waals surface area (Å²) >= 11 is 0. The summed E-state index contributed by atoms with van der Waals surface area (Å²) in [5.74, 6) is -4.22. The molecule has 0 aliphatic carbocycles. The van der Waals surface area contributed by atoms with Crippen molar-refractivity contribution in [3.05, 3.63) is 59.2 Å². The lowest BCUT2D eigenvalue weighted by Gasteiger charge is -2.23. The Morgan fingerprint density at radius 3 is 2.12 bits per heavy atom. The van der Waals surface area contributed by atoms with E-state index in [1.165, 1.54) is 10.4 Å². The van der Waals surface area contributed by atoms with Crippen LogP contribution in [0.15, 0.2) is 41.3 Å². The molecular weight excluding hydrogens is 452 g/mol. The second-order valence-corrected chi connectivity index (χ2v) is 9.76. The molecule has 2 rings (SSSR count). The summed E-state index contributed by atoms with van der Waals surface area (Å²) in [6.07, 6.45) is 0. The van der Waals surface area contributed by atoms with E-state index in [0.29, 0.717) is 18.7 Å². The maximum absolute atomic E-state index is 14.0. The molecule has 0 spiro atoms. The van der Waals surface area contributed by atoms with Crippen LogP contribution in [0.25, 0.3) is 0 Å². The molecule has 10 heteroatoms. The lowest BCUT2D eigenvalue weighted by atomic mass is 10.0. The quantitative estimate of drug-likeness (QED) is 0.571. The van der Waals surface area contributed by atoms with E-state index in [0.717, 1.165) is 18.2 Å². The Labute approximate surface area is 193 Å². The molecule has 2 aromatic rings. The maximum Gasteiger partial charge on any atom is 0.257 e. The third-order valence-corrected chi connectivity index (χ3v) is 7.40. The van der Waals surface area contributed by atoms with Gasteiger partial charge in [-0.05, 0) is 42.7 Å². The van der Waals surface area contributed by atoms with E-state index in [1.54, 1.807) is 46.8 Å². The average Bonchev–Trinajstić information content (AvgIpc) is 2.73. The number of nitrogens with one attached hydrogen (secondary N) is 2. The van der Waals surface area contributed by atoms with Gasteiger partial charge < -0.3 is 10.6 Å². The van der Waals surface area contributed by atoms with Crippen LogP contribution in [0.1, 0.15) is 43.6 Å². The highest BCUT2D eigenvalue weighted by Gasteiger charge is 2.28. The van der Waals surface area contributed by atoms with E-state index in [1.807, 2.05) is 0 Å². The van der Waals surface area contributed by atoms with Gasteiger partial charge in [0.25, 0.3) is 5.91 Å². The number of benzene rings is 2. The topological polar surface area (TPSA) is 95.6 Å². The number of amides is 2. The van der Waals surface area contributed by atoms with Gasteiger partial charge in [-0.3, -0.25) is 9.59 Å². The standard InChI is InChI=1S/C23H29F2N3O4S/c1-6-28(7-2)33(31,32)19-13-16(12-11-15(19)5)26-23(30)21(14(3)4)27-22(29)20-17(24)9-8-10-18(20)25/h8-14,21H,6-7H2,1-5H3,(H,26,30)(H,27,29). The van der Waals surface area contributed by atoms with Crippen molar-refractivity contribution in [3.63, 3.8) is 0 Å². The van der Waals surface area contributed by atoms with E-state index in [-0.39, 0.29) is 10.6 Å². The van der Waals surface area contributed by atoms with Crippen molar-refractivity contribution in [2.45, 2.75) is 45.6 Å². The summed E-state index contributed by atoms with van der Waals surface area (Å²) in [6.45, 7) is 9.03. The van der Waals surface area contributed by atoms with Gasteiger partial charge in [0.15, 0.2) is 0 Å². The largest absolute Gasteiger partial charge is 0.340 e. The fourth-order valence-electron chi connectivity index (χ4n) is 3.34. The zero-order valence-electron chi connectivity index (χ0n) is 19.3. The van der Waals surface area contributed by atoms with E-state index in [2.05, 4.69) is 10.6 Å². The van der Waals surface area contributed by atoms with Gasteiger partial charge in [0, 0.05) is 18.8 Å². The van der Waals surface area contributed by atoms with Gasteiger partial charge in [0.2, 0.25) is 15.9 Å². The minimum absolute atomic E-state index is 0.0579. The first-order chi connectivity index (χ1) is 15.4. The zero-order valence-corrected chi connectivity index (χ0v) is 20.1. The van der Waals surface area contributed by atoms with Crippen molar-refractivity contribution >= 4 is 27.5 Å². The Kier molecular flexibility index (Phi) is 8.68. The molecule has 0 aliphatic rings.